The van der Waals surface area contributed by atoms with Crippen molar-refractivity contribution >= 4 is 28.9 Å². The Hall–Kier alpha value is -2.98. The van der Waals surface area contributed by atoms with Crippen LogP contribution in [0.15, 0.2) is 72.8 Å². The Balaban J connectivity index is 1.62. The van der Waals surface area contributed by atoms with Crippen LogP contribution in [-0.4, -0.2) is 24.6 Å². The van der Waals surface area contributed by atoms with Gasteiger partial charge in [-0.05, 0) is 80.8 Å². The molecule has 1 aliphatic heterocycles. The second kappa shape index (κ2) is 9.11. The second-order valence-electron chi connectivity index (χ2n) is 9.39. The summed E-state index contributed by atoms with van der Waals surface area (Å²) in [5.74, 6) is 0.862. The van der Waals surface area contributed by atoms with E-state index in [0.717, 1.165) is 34.1 Å². The van der Waals surface area contributed by atoms with Crippen LogP contribution in [0.3, 0.4) is 0 Å². The van der Waals surface area contributed by atoms with Gasteiger partial charge in [0.1, 0.15) is 5.75 Å². The summed E-state index contributed by atoms with van der Waals surface area (Å²) in [5.41, 5.74) is 3.60. The highest BCUT2D eigenvalue weighted by atomic mass is 35.5. The first-order chi connectivity index (χ1) is 15.7. The molecule has 3 aromatic rings. The molecule has 0 aromatic heterocycles. The molecule has 4 nitrogen and oxygen atoms in total. The Morgan fingerprint density at radius 2 is 1.67 bits per heavy atom. The smallest absolute Gasteiger partial charge is 0.246 e. The summed E-state index contributed by atoms with van der Waals surface area (Å²) in [6.07, 6.45) is 0.799. The van der Waals surface area contributed by atoms with Gasteiger partial charge in [-0.25, -0.2) is 0 Å². The van der Waals surface area contributed by atoms with Crippen LogP contribution in [-0.2, 0) is 10.2 Å². The van der Waals surface area contributed by atoms with E-state index in [1.165, 1.54) is 5.56 Å². The number of hydrogen-bond donors (Lipinski definition) is 1. The maximum atomic E-state index is 13.5. The van der Waals surface area contributed by atoms with Crippen LogP contribution in [0.4, 0.5) is 11.4 Å². The monoisotopic (exact) mass is 462 g/mol. The molecule has 0 fully saturated rings. The van der Waals surface area contributed by atoms with Crippen molar-refractivity contribution in [1.82, 2.24) is 0 Å². The number of fused-ring (bicyclic) bond motifs is 1. The average molecular weight is 463 g/mol. The van der Waals surface area contributed by atoms with E-state index in [1.807, 2.05) is 60.4 Å². The first-order valence-corrected chi connectivity index (χ1v) is 11.8. The fraction of sp³-hybridized carbons (Fsp3) is 0.321. The van der Waals surface area contributed by atoms with Crippen molar-refractivity contribution in [3.8, 4) is 5.75 Å². The van der Waals surface area contributed by atoms with Crippen LogP contribution in [0.1, 0.15) is 45.2 Å². The number of hydrogen-bond acceptors (Lipinski definition) is 3. The largest absolute Gasteiger partial charge is 0.494 e. The van der Waals surface area contributed by atoms with Crippen molar-refractivity contribution in [2.45, 2.75) is 45.1 Å². The van der Waals surface area contributed by atoms with Crippen molar-refractivity contribution in [3.05, 3.63) is 88.9 Å². The average Bonchev–Trinajstić information content (AvgIpc) is 2.78. The molecule has 1 aliphatic rings. The van der Waals surface area contributed by atoms with Crippen molar-refractivity contribution in [2.75, 3.05) is 23.4 Å². The molecule has 1 N–H and O–H groups in total. The maximum Gasteiger partial charge on any atom is 0.246 e. The number of benzene rings is 3. The van der Waals surface area contributed by atoms with Gasteiger partial charge in [-0.15, -0.1) is 0 Å². The van der Waals surface area contributed by atoms with Gasteiger partial charge < -0.3 is 15.0 Å². The topological polar surface area (TPSA) is 41.6 Å². The molecule has 4 rings (SSSR count). The van der Waals surface area contributed by atoms with E-state index in [4.69, 9.17) is 16.3 Å². The molecule has 0 bridgehead atoms. The third kappa shape index (κ3) is 4.58. The molecule has 1 heterocycles. The fourth-order valence-corrected chi connectivity index (χ4v) is 5.27. The van der Waals surface area contributed by atoms with Crippen molar-refractivity contribution < 1.29 is 9.53 Å². The lowest BCUT2D eigenvalue weighted by atomic mass is 9.65. The van der Waals surface area contributed by atoms with Crippen molar-refractivity contribution in [2.24, 2.45) is 0 Å². The molecular formula is C28H31ClN2O2. The number of amides is 1. The van der Waals surface area contributed by atoms with E-state index in [-0.39, 0.29) is 23.4 Å². The van der Waals surface area contributed by atoms with E-state index >= 15 is 0 Å². The molecule has 0 saturated heterocycles. The molecule has 5 heteroatoms. The van der Waals surface area contributed by atoms with Gasteiger partial charge in [-0.3, -0.25) is 4.79 Å². The van der Waals surface area contributed by atoms with Gasteiger partial charge in [0.2, 0.25) is 5.91 Å². The van der Waals surface area contributed by atoms with Gasteiger partial charge >= 0.3 is 0 Å². The maximum absolute atomic E-state index is 13.5. The van der Waals surface area contributed by atoms with Crippen LogP contribution >= 0.6 is 11.6 Å². The molecule has 3 aromatic carbocycles. The van der Waals surface area contributed by atoms with Crippen LogP contribution in [0.5, 0.6) is 5.75 Å². The summed E-state index contributed by atoms with van der Waals surface area (Å²) < 4.78 is 5.50. The molecule has 0 radical (unpaired) electrons. The van der Waals surface area contributed by atoms with E-state index in [9.17, 15) is 4.79 Å². The Morgan fingerprint density at radius 3 is 2.33 bits per heavy atom. The zero-order valence-corrected chi connectivity index (χ0v) is 20.4. The van der Waals surface area contributed by atoms with Gasteiger partial charge in [-0.2, -0.15) is 0 Å². The number of ether oxygens (including phenoxy) is 1. The van der Waals surface area contributed by atoms with Gasteiger partial charge in [0.05, 0.1) is 13.2 Å². The summed E-state index contributed by atoms with van der Waals surface area (Å²) in [4.78, 5) is 15.5. The number of rotatable bonds is 6. The van der Waals surface area contributed by atoms with E-state index in [1.54, 1.807) is 0 Å². The van der Waals surface area contributed by atoms with Gasteiger partial charge in [0.25, 0.3) is 0 Å². The quantitative estimate of drug-likeness (QED) is 0.444. The standard InChI is InChI=1S/C28H31ClN2O2/c1-5-33-23-16-14-22(15-17-23)30-18-26(32)31-25-9-7-6-8-24(25)28(4,19-27(31,2)3)20-10-12-21(29)13-11-20/h6-17,30H,5,18-19H2,1-4H3. The molecule has 1 unspecified atom stereocenters. The highest BCUT2D eigenvalue weighted by Crippen LogP contribution is 2.50. The number of anilines is 2. The normalized spacial score (nSPS) is 19.0. The lowest BCUT2D eigenvalue weighted by molar-refractivity contribution is -0.118. The Labute approximate surface area is 201 Å². The molecular weight excluding hydrogens is 432 g/mol. The number of carbonyl (C=O) groups excluding carboxylic acids is 1. The second-order valence-corrected chi connectivity index (χ2v) is 9.82. The van der Waals surface area contributed by atoms with E-state index in [0.29, 0.717) is 6.61 Å². The zero-order chi connectivity index (χ0) is 23.6. The predicted molar refractivity (Wildman–Crippen MR) is 137 cm³/mol. The highest BCUT2D eigenvalue weighted by Gasteiger charge is 2.47. The fourth-order valence-electron chi connectivity index (χ4n) is 5.14. The molecule has 172 valence electrons. The van der Waals surface area contributed by atoms with Crippen molar-refractivity contribution in [3.63, 3.8) is 0 Å². The first-order valence-electron chi connectivity index (χ1n) is 11.4. The van der Waals surface area contributed by atoms with Gasteiger partial charge in [0, 0.05) is 27.4 Å². The summed E-state index contributed by atoms with van der Waals surface area (Å²) in [5, 5.41) is 4.00. The number of nitrogens with one attached hydrogen (secondary N) is 1. The number of nitrogens with zero attached hydrogens (tertiary/aromatic N) is 1. The number of para-hydroxylation sites is 1. The molecule has 0 aliphatic carbocycles. The summed E-state index contributed by atoms with van der Waals surface area (Å²) in [6, 6.07) is 24.0. The number of halogens is 1. The van der Waals surface area contributed by atoms with Crippen LogP contribution < -0.4 is 15.0 Å². The van der Waals surface area contributed by atoms with Crippen molar-refractivity contribution in [1.29, 1.82) is 0 Å². The SMILES string of the molecule is CCOc1ccc(NCC(=O)N2c3ccccc3C(C)(c3ccc(Cl)cc3)CC2(C)C)cc1. The Morgan fingerprint density at radius 1 is 1.00 bits per heavy atom. The minimum atomic E-state index is -0.375. The molecule has 0 spiro atoms. The van der Waals surface area contributed by atoms with E-state index < -0.39 is 0 Å². The highest BCUT2D eigenvalue weighted by molar-refractivity contribution is 6.30. The molecule has 1 amide bonds. The zero-order valence-electron chi connectivity index (χ0n) is 19.7. The Bertz CT molecular complexity index is 1130. The molecule has 1 atom stereocenters. The Kier molecular flexibility index (Phi) is 6.40. The molecule has 33 heavy (non-hydrogen) atoms. The van der Waals surface area contributed by atoms with Crippen LogP contribution in [0, 0.1) is 0 Å². The van der Waals surface area contributed by atoms with Crippen LogP contribution in [0.2, 0.25) is 5.02 Å². The summed E-state index contributed by atoms with van der Waals surface area (Å²) in [7, 11) is 0. The summed E-state index contributed by atoms with van der Waals surface area (Å²) in [6.45, 7) is 9.35. The predicted octanol–water partition coefficient (Wildman–Crippen LogP) is 6.67. The van der Waals surface area contributed by atoms with Crippen LogP contribution in [0.25, 0.3) is 0 Å². The lowest BCUT2D eigenvalue weighted by Crippen LogP contribution is -2.57. The van der Waals surface area contributed by atoms with Gasteiger partial charge in [0.15, 0.2) is 0 Å². The lowest BCUT2D eigenvalue weighted by Gasteiger charge is -2.51. The van der Waals surface area contributed by atoms with E-state index in [2.05, 4.69) is 50.4 Å². The number of carbonyl (C=O) groups is 1. The first kappa shape index (κ1) is 23.2. The third-order valence-electron chi connectivity index (χ3n) is 6.47. The minimum absolute atomic E-state index is 0.0412. The minimum Gasteiger partial charge on any atom is -0.494 e. The summed E-state index contributed by atoms with van der Waals surface area (Å²) >= 11 is 6.16. The molecule has 0 saturated carbocycles. The third-order valence-corrected chi connectivity index (χ3v) is 6.72. The van der Waals surface area contributed by atoms with Gasteiger partial charge in [-0.1, -0.05) is 48.9 Å².